The molecule has 1 aromatic heterocycles. The summed E-state index contributed by atoms with van der Waals surface area (Å²) < 4.78 is 2.04. The van der Waals surface area contributed by atoms with Crippen molar-refractivity contribution in [3.05, 3.63) is 47.8 Å². The first-order chi connectivity index (χ1) is 8.20. The second-order valence-electron chi connectivity index (χ2n) is 3.96. The summed E-state index contributed by atoms with van der Waals surface area (Å²) in [7, 11) is 0. The van der Waals surface area contributed by atoms with Crippen LogP contribution < -0.4 is 5.73 Å². The van der Waals surface area contributed by atoms with Crippen LogP contribution in [-0.4, -0.2) is 9.55 Å². The maximum Gasteiger partial charge on any atom is 0.140 e. The largest absolute Gasteiger partial charge is 0.399 e. The number of allylic oxidation sites excluding steroid dienone is 1. The van der Waals surface area contributed by atoms with Crippen LogP contribution >= 0.6 is 11.6 Å². The van der Waals surface area contributed by atoms with E-state index in [0.29, 0.717) is 0 Å². The van der Waals surface area contributed by atoms with Crippen molar-refractivity contribution in [1.29, 1.82) is 0 Å². The van der Waals surface area contributed by atoms with Gasteiger partial charge in [0, 0.05) is 35.7 Å². The Balaban J connectivity index is 2.37. The van der Waals surface area contributed by atoms with E-state index in [9.17, 15) is 0 Å². The number of benzene rings is 1. The Hall–Kier alpha value is -1.74. The Morgan fingerprint density at radius 1 is 1.53 bits per heavy atom. The SMILES string of the molecule is C/C(=C/Cl)Cn1ccnc1-c1cccc(N)c1. The molecule has 2 N–H and O–H groups in total. The van der Waals surface area contributed by atoms with Crippen molar-refractivity contribution < 1.29 is 0 Å². The number of aromatic nitrogens is 2. The molecule has 0 atom stereocenters. The fraction of sp³-hybridized carbons (Fsp3) is 0.154. The molecule has 2 rings (SSSR count). The molecule has 17 heavy (non-hydrogen) atoms. The maximum atomic E-state index is 5.77. The third-order valence-corrected chi connectivity index (χ3v) is 2.84. The van der Waals surface area contributed by atoms with Gasteiger partial charge in [0.25, 0.3) is 0 Å². The summed E-state index contributed by atoms with van der Waals surface area (Å²) in [6.07, 6.45) is 3.71. The Labute approximate surface area is 106 Å². The number of rotatable bonds is 3. The highest BCUT2D eigenvalue weighted by atomic mass is 35.5. The van der Waals surface area contributed by atoms with Crippen LogP contribution in [0.3, 0.4) is 0 Å². The van der Waals surface area contributed by atoms with Crippen molar-refractivity contribution in [3.63, 3.8) is 0 Å². The number of anilines is 1. The molecule has 0 aliphatic rings. The van der Waals surface area contributed by atoms with Gasteiger partial charge in [-0.2, -0.15) is 0 Å². The number of nitrogens with two attached hydrogens (primary N) is 1. The molecule has 4 heteroatoms. The highest BCUT2D eigenvalue weighted by Gasteiger charge is 2.06. The fourth-order valence-corrected chi connectivity index (χ4v) is 1.75. The quantitative estimate of drug-likeness (QED) is 0.846. The average molecular weight is 248 g/mol. The smallest absolute Gasteiger partial charge is 0.140 e. The van der Waals surface area contributed by atoms with Crippen LogP contribution in [0.4, 0.5) is 5.69 Å². The zero-order valence-corrected chi connectivity index (χ0v) is 10.4. The van der Waals surface area contributed by atoms with E-state index in [2.05, 4.69) is 4.98 Å². The van der Waals surface area contributed by atoms with Crippen LogP contribution in [0.2, 0.25) is 0 Å². The molecule has 0 saturated heterocycles. The molecule has 0 aliphatic carbocycles. The Morgan fingerprint density at radius 3 is 3.06 bits per heavy atom. The number of imidazole rings is 1. The van der Waals surface area contributed by atoms with Crippen LogP contribution in [0.1, 0.15) is 6.92 Å². The maximum absolute atomic E-state index is 5.77. The van der Waals surface area contributed by atoms with Gasteiger partial charge in [-0.05, 0) is 24.6 Å². The molecule has 0 radical (unpaired) electrons. The summed E-state index contributed by atoms with van der Waals surface area (Å²) in [6.45, 7) is 2.71. The molecule has 1 aromatic carbocycles. The van der Waals surface area contributed by atoms with Gasteiger partial charge in [-0.1, -0.05) is 23.7 Å². The van der Waals surface area contributed by atoms with Crippen LogP contribution in [0.5, 0.6) is 0 Å². The monoisotopic (exact) mass is 247 g/mol. The van der Waals surface area contributed by atoms with Crippen LogP contribution in [0, 0.1) is 0 Å². The predicted octanol–water partition coefficient (Wildman–Crippen LogP) is 3.27. The van der Waals surface area contributed by atoms with Gasteiger partial charge >= 0.3 is 0 Å². The summed E-state index contributed by atoms with van der Waals surface area (Å²) in [5, 5.41) is 0. The third kappa shape index (κ3) is 2.68. The molecular formula is C13H14ClN3. The van der Waals surface area contributed by atoms with E-state index in [1.165, 1.54) is 0 Å². The van der Waals surface area contributed by atoms with Crippen molar-refractivity contribution >= 4 is 17.3 Å². The number of hydrogen-bond donors (Lipinski definition) is 1. The first-order valence-electron chi connectivity index (χ1n) is 5.33. The number of nitrogen functional groups attached to an aromatic ring is 1. The molecule has 0 bridgehead atoms. The van der Waals surface area contributed by atoms with Gasteiger partial charge in [-0.15, -0.1) is 0 Å². The van der Waals surface area contributed by atoms with E-state index < -0.39 is 0 Å². The molecule has 0 spiro atoms. The summed E-state index contributed by atoms with van der Waals surface area (Å²) >= 11 is 5.68. The normalized spacial score (nSPS) is 11.8. The lowest BCUT2D eigenvalue weighted by molar-refractivity contribution is 0.793. The van der Waals surface area contributed by atoms with Gasteiger partial charge in [-0.3, -0.25) is 0 Å². The molecule has 0 unspecified atom stereocenters. The predicted molar refractivity (Wildman–Crippen MR) is 71.7 cm³/mol. The van der Waals surface area contributed by atoms with Crippen molar-refractivity contribution in [2.75, 3.05) is 5.73 Å². The molecule has 0 saturated carbocycles. The van der Waals surface area contributed by atoms with Gasteiger partial charge in [-0.25, -0.2) is 4.98 Å². The first-order valence-corrected chi connectivity index (χ1v) is 5.77. The van der Waals surface area contributed by atoms with Crippen LogP contribution in [0.15, 0.2) is 47.8 Å². The Kier molecular flexibility index (Phi) is 3.49. The highest BCUT2D eigenvalue weighted by Crippen LogP contribution is 2.20. The minimum Gasteiger partial charge on any atom is -0.399 e. The van der Waals surface area contributed by atoms with E-state index in [-0.39, 0.29) is 0 Å². The van der Waals surface area contributed by atoms with Crippen molar-refractivity contribution in [3.8, 4) is 11.4 Å². The lowest BCUT2D eigenvalue weighted by Crippen LogP contribution is -2.00. The lowest BCUT2D eigenvalue weighted by Gasteiger charge is -2.08. The van der Waals surface area contributed by atoms with Gasteiger partial charge in [0.15, 0.2) is 0 Å². The summed E-state index contributed by atoms with van der Waals surface area (Å²) in [6, 6.07) is 7.70. The molecule has 2 aromatic rings. The molecule has 0 aliphatic heterocycles. The summed E-state index contributed by atoms with van der Waals surface area (Å²) in [5.41, 5.74) is 10.2. The van der Waals surface area contributed by atoms with Crippen LogP contribution in [0.25, 0.3) is 11.4 Å². The van der Waals surface area contributed by atoms with E-state index in [4.69, 9.17) is 17.3 Å². The zero-order valence-electron chi connectivity index (χ0n) is 9.60. The molecule has 0 fully saturated rings. The zero-order chi connectivity index (χ0) is 12.3. The van der Waals surface area contributed by atoms with Gasteiger partial charge in [0.1, 0.15) is 5.82 Å². The molecule has 0 amide bonds. The Bertz CT molecular complexity index is 543. The van der Waals surface area contributed by atoms with Gasteiger partial charge < -0.3 is 10.3 Å². The second-order valence-corrected chi connectivity index (χ2v) is 4.18. The number of halogens is 1. The topological polar surface area (TPSA) is 43.8 Å². The summed E-state index contributed by atoms with van der Waals surface area (Å²) in [4.78, 5) is 4.35. The van der Waals surface area contributed by atoms with Crippen molar-refractivity contribution in [2.24, 2.45) is 0 Å². The number of hydrogen-bond acceptors (Lipinski definition) is 2. The van der Waals surface area contributed by atoms with Crippen LogP contribution in [-0.2, 0) is 6.54 Å². The third-order valence-electron chi connectivity index (χ3n) is 2.47. The van der Waals surface area contributed by atoms with Crippen molar-refractivity contribution in [1.82, 2.24) is 9.55 Å². The minimum absolute atomic E-state index is 0.730. The fourth-order valence-electron chi connectivity index (χ4n) is 1.68. The number of nitrogens with zero attached hydrogens (tertiary/aromatic N) is 2. The highest BCUT2D eigenvalue weighted by molar-refractivity contribution is 6.25. The van der Waals surface area contributed by atoms with Crippen molar-refractivity contribution in [2.45, 2.75) is 13.5 Å². The second kappa shape index (κ2) is 5.06. The van der Waals surface area contributed by atoms with E-state index in [1.54, 1.807) is 11.7 Å². The lowest BCUT2D eigenvalue weighted by atomic mass is 10.2. The molecular weight excluding hydrogens is 234 g/mol. The molecule has 3 nitrogen and oxygen atoms in total. The minimum atomic E-state index is 0.730. The standard InChI is InChI=1S/C13H14ClN3/c1-10(8-14)9-17-6-5-16-13(17)11-3-2-4-12(15)7-11/h2-8H,9,15H2,1H3/b10-8-. The van der Waals surface area contributed by atoms with Gasteiger partial charge in [0.05, 0.1) is 0 Å². The molecule has 1 heterocycles. The Morgan fingerprint density at radius 2 is 2.35 bits per heavy atom. The van der Waals surface area contributed by atoms with E-state index in [0.717, 1.165) is 29.2 Å². The van der Waals surface area contributed by atoms with E-state index >= 15 is 0 Å². The summed E-state index contributed by atoms with van der Waals surface area (Å²) in [5.74, 6) is 0.898. The van der Waals surface area contributed by atoms with Gasteiger partial charge in [0.2, 0.25) is 0 Å². The first kappa shape index (κ1) is 11.7. The average Bonchev–Trinajstić information content (AvgIpc) is 2.77. The van der Waals surface area contributed by atoms with E-state index in [1.807, 2.05) is 42.0 Å². The molecule has 88 valence electrons.